The first-order valence-corrected chi connectivity index (χ1v) is 7.60. The van der Waals surface area contributed by atoms with Crippen molar-refractivity contribution in [3.63, 3.8) is 0 Å². The van der Waals surface area contributed by atoms with Gasteiger partial charge in [-0.05, 0) is 66.9 Å². The molecule has 1 aromatic carbocycles. The Labute approximate surface area is 124 Å². The highest BCUT2D eigenvalue weighted by molar-refractivity contribution is 9.10. The van der Waals surface area contributed by atoms with Crippen LogP contribution in [0.15, 0.2) is 22.7 Å². The SMILES string of the molecule is COc1ccc(CNC2CCNC(C)(C)C2)cc1Br. The summed E-state index contributed by atoms with van der Waals surface area (Å²) in [4.78, 5) is 0. The molecule has 0 spiro atoms. The third-order valence-electron chi connectivity index (χ3n) is 3.66. The third-order valence-corrected chi connectivity index (χ3v) is 4.28. The van der Waals surface area contributed by atoms with Crippen LogP contribution in [-0.2, 0) is 6.54 Å². The van der Waals surface area contributed by atoms with Gasteiger partial charge < -0.3 is 15.4 Å². The topological polar surface area (TPSA) is 33.3 Å². The summed E-state index contributed by atoms with van der Waals surface area (Å²) in [7, 11) is 1.69. The maximum Gasteiger partial charge on any atom is 0.133 e. The van der Waals surface area contributed by atoms with Crippen molar-refractivity contribution in [2.24, 2.45) is 0 Å². The fourth-order valence-electron chi connectivity index (χ4n) is 2.63. The molecule has 3 nitrogen and oxygen atoms in total. The van der Waals surface area contributed by atoms with Gasteiger partial charge in [0.2, 0.25) is 0 Å². The van der Waals surface area contributed by atoms with Crippen LogP contribution in [0.5, 0.6) is 5.75 Å². The molecular weight excluding hydrogens is 304 g/mol. The monoisotopic (exact) mass is 326 g/mol. The molecule has 1 aromatic rings. The van der Waals surface area contributed by atoms with E-state index in [1.165, 1.54) is 18.4 Å². The number of benzene rings is 1. The summed E-state index contributed by atoms with van der Waals surface area (Å²) >= 11 is 3.53. The molecule has 1 unspecified atom stereocenters. The maximum absolute atomic E-state index is 5.25. The average molecular weight is 327 g/mol. The number of methoxy groups -OCH3 is 1. The summed E-state index contributed by atoms with van der Waals surface area (Å²) in [6.07, 6.45) is 2.37. The summed E-state index contributed by atoms with van der Waals surface area (Å²) in [5.41, 5.74) is 1.53. The van der Waals surface area contributed by atoms with Crippen LogP contribution >= 0.6 is 15.9 Å². The van der Waals surface area contributed by atoms with Gasteiger partial charge >= 0.3 is 0 Å². The van der Waals surface area contributed by atoms with E-state index in [-0.39, 0.29) is 5.54 Å². The van der Waals surface area contributed by atoms with E-state index in [4.69, 9.17) is 4.74 Å². The molecule has 0 amide bonds. The van der Waals surface area contributed by atoms with Crippen molar-refractivity contribution in [1.29, 1.82) is 0 Å². The van der Waals surface area contributed by atoms with Gasteiger partial charge in [-0.25, -0.2) is 0 Å². The smallest absolute Gasteiger partial charge is 0.133 e. The van der Waals surface area contributed by atoms with Crippen molar-refractivity contribution in [1.82, 2.24) is 10.6 Å². The number of rotatable bonds is 4. The van der Waals surface area contributed by atoms with Crippen LogP contribution in [0, 0.1) is 0 Å². The van der Waals surface area contributed by atoms with Crippen molar-refractivity contribution in [2.75, 3.05) is 13.7 Å². The fourth-order valence-corrected chi connectivity index (χ4v) is 3.22. The predicted octanol–water partition coefficient (Wildman–Crippen LogP) is 3.08. The normalized spacial score (nSPS) is 22.2. The van der Waals surface area contributed by atoms with E-state index in [0.717, 1.165) is 23.3 Å². The lowest BCUT2D eigenvalue weighted by Gasteiger charge is -2.37. The van der Waals surface area contributed by atoms with Crippen LogP contribution in [0.25, 0.3) is 0 Å². The minimum atomic E-state index is 0.246. The summed E-state index contributed by atoms with van der Waals surface area (Å²) < 4.78 is 6.26. The molecule has 1 aliphatic rings. The zero-order valence-corrected chi connectivity index (χ0v) is 13.5. The van der Waals surface area contributed by atoms with Gasteiger partial charge in [-0.3, -0.25) is 0 Å². The van der Waals surface area contributed by atoms with Gasteiger partial charge in [0.1, 0.15) is 5.75 Å². The Bertz CT molecular complexity index is 434. The van der Waals surface area contributed by atoms with Gasteiger partial charge in [-0.1, -0.05) is 6.07 Å². The van der Waals surface area contributed by atoms with Crippen molar-refractivity contribution < 1.29 is 4.74 Å². The van der Waals surface area contributed by atoms with E-state index in [0.29, 0.717) is 6.04 Å². The molecule has 1 heterocycles. The summed E-state index contributed by atoms with van der Waals surface area (Å²) in [6.45, 7) is 6.54. The molecule has 2 N–H and O–H groups in total. The van der Waals surface area contributed by atoms with Crippen molar-refractivity contribution >= 4 is 15.9 Å². The Hall–Kier alpha value is -0.580. The van der Waals surface area contributed by atoms with E-state index < -0.39 is 0 Å². The van der Waals surface area contributed by atoms with E-state index >= 15 is 0 Å². The average Bonchev–Trinajstić information content (AvgIpc) is 2.35. The molecular formula is C15H23BrN2O. The van der Waals surface area contributed by atoms with Crippen molar-refractivity contribution in [2.45, 2.75) is 44.8 Å². The van der Waals surface area contributed by atoms with E-state index in [1.807, 2.05) is 6.07 Å². The van der Waals surface area contributed by atoms with Crippen LogP contribution in [0.2, 0.25) is 0 Å². The molecule has 1 fully saturated rings. The van der Waals surface area contributed by atoms with Crippen LogP contribution < -0.4 is 15.4 Å². The maximum atomic E-state index is 5.25. The summed E-state index contributed by atoms with van der Waals surface area (Å²) in [5.74, 6) is 0.881. The van der Waals surface area contributed by atoms with E-state index in [1.54, 1.807) is 7.11 Å². The number of hydrogen-bond acceptors (Lipinski definition) is 3. The third kappa shape index (κ3) is 4.20. The highest BCUT2D eigenvalue weighted by Gasteiger charge is 2.26. The number of ether oxygens (including phenoxy) is 1. The second-order valence-corrected chi connectivity index (χ2v) is 6.70. The van der Waals surface area contributed by atoms with Crippen LogP contribution in [0.1, 0.15) is 32.3 Å². The molecule has 0 aliphatic carbocycles. The Balaban J connectivity index is 1.90. The molecule has 4 heteroatoms. The Morgan fingerprint density at radius 3 is 2.89 bits per heavy atom. The highest BCUT2D eigenvalue weighted by Crippen LogP contribution is 2.26. The lowest BCUT2D eigenvalue weighted by molar-refractivity contribution is 0.247. The molecule has 0 saturated carbocycles. The molecule has 19 heavy (non-hydrogen) atoms. The van der Waals surface area contributed by atoms with Gasteiger partial charge in [0.25, 0.3) is 0 Å². The Morgan fingerprint density at radius 2 is 2.26 bits per heavy atom. The molecule has 0 aromatic heterocycles. The van der Waals surface area contributed by atoms with Crippen LogP contribution in [0.3, 0.4) is 0 Å². The highest BCUT2D eigenvalue weighted by atomic mass is 79.9. The number of hydrogen-bond donors (Lipinski definition) is 2. The second kappa shape index (κ2) is 6.25. The van der Waals surface area contributed by atoms with Gasteiger partial charge in [0.15, 0.2) is 0 Å². The summed E-state index contributed by atoms with van der Waals surface area (Å²) in [5, 5.41) is 7.20. The van der Waals surface area contributed by atoms with Crippen LogP contribution in [-0.4, -0.2) is 25.2 Å². The Morgan fingerprint density at radius 1 is 1.47 bits per heavy atom. The molecule has 1 saturated heterocycles. The van der Waals surface area contributed by atoms with E-state index in [2.05, 4.69) is 52.5 Å². The van der Waals surface area contributed by atoms with Gasteiger partial charge in [0, 0.05) is 18.1 Å². The fraction of sp³-hybridized carbons (Fsp3) is 0.600. The molecule has 106 valence electrons. The quantitative estimate of drug-likeness (QED) is 0.892. The Kier molecular flexibility index (Phi) is 4.87. The minimum Gasteiger partial charge on any atom is -0.496 e. The largest absolute Gasteiger partial charge is 0.496 e. The number of halogens is 1. The molecule has 1 aliphatic heterocycles. The lowest BCUT2D eigenvalue weighted by Crippen LogP contribution is -2.51. The zero-order chi connectivity index (χ0) is 13.9. The first kappa shape index (κ1) is 14.8. The first-order chi connectivity index (χ1) is 9.00. The summed E-state index contributed by atoms with van der Waals surface area (Å²) in [6, 6.07) is 6.84. The molecule has 1 atom stereocenters. The minimum absolute atomic E-state index is 0.246. The van der Waals surface area contributed by atoms with Gasteiger partial charge in [0.05, 0.1) is 11.6 Å². The molecule has 0 bridgehead atoms. The van der Waals surface area contributed by atoms with E-state index in [9.17, 15) is 0 Å². The predicted molar refractivity (Wildman–Crippen MR) is 82.6 cm³/mol. The molecule has 2 rings (SSSR count). The standard InChI is InChI=1S/C15H23BrN2O/c1-15(2)9-12(6-7-18-15)17-10-11-4-5-14(19-3)13(16)8-11/h4-5,8,12,17-18H,6-7,9-10H2,1-3H3. The van der Waals surface area contributed by atoms with Crippen molar-refractivity contribution in [3.05, 3.63) is 28.2 Å². The number of piperidine rings is 1. The molecule has 0 radical (unpaired) electrons. The van der Waals surface area contributed by atoms with Crippen LogP contribution in [0.4, 0.5) is 0 Å². The van der Waals surface area contributed by atoms with Crippen molar-refractivity contribution in [3.8, 4) is 5.75 Å². The first-order valence-electron chi connectivity index (χ1n) is 6.81. The number of nitrogens with one attached hydrogen (secondary N) is 2. The zero-order valence-electron chi connectivity index (χ0n) is 11.9. The second-order valence-electron chi connectivity index (χ2n) is 5.85. The lowest BCUT2D eigenvalue weighted by atomic mass is 9.89. The van der Waals surface area contributed by atoms with Gasteiger partial charge in [-0.2, -0.15) is 0 Å². The van der Waals surface area contributed by atoms with Gasteiger partial charge in [-0.15, -0.1) is 0 Å².